The average molecular weight is 384 g/mol. The molecular weight excluding hydrogens is 360 g/mol. The molecule has 0 aliphatic carbocycles. The SMILES string of the molecule is CCOc1ccc(N[C@H]2CC(=O)N(c3ccc(OC)cc3)C2=O)cc1OCC. The van der Waals surface area contributed by atoms with Crippen LogP contribution < -0.4 is 24.4 Å². The molecule has 2 amide bonds. The van der Waals surface area contributed by atoms with E-state index in [1.54, 1.807) is 49.6 Å². The number of carbonyl (C=O) groups excluding carboxylic acids is 2. The van der Waals surface area contributed by atoms with Gasteiger partial charge in [-0.2, -0.15) is 0 Å². The number of rotatable bonds is 8. The van der Waals surface area contributed by atoms with Crippen LogP contribution in [0.15, 0.2) is 42.5 Å². The van der Waals surface area contributed by atoms with Crippen LogP contribution in [0.25, 0.3) is 0 Å². The second-order valence-corrected chi connectivity index (χ2v) is 6.19. The molecule has 7 heteroatoms. The van der Waals surface area contributed by atoms with E-state index in [0.29, 0.717) is 41.8 Å². The van der Waals surface area contributed by atoms with Crippen LogP contribution in [0.4, 0.5) is 11.4 Å². The number of nitrogens with one attached hydrogen (secondary N) is 1. The van der Waals surface area contributed by atoms with Gasteiger partial charge in [0, 0.05) is 11.8 Å². The van der Waals surface area contributed by atoms with E-state index in [-0.39, 0.29) is 18.2 Å². The van der Waals surface area contributed by atoms with Crippen molar-refractivity contribution in [3.63, 3.8) is 0 Å². The molecule has 0 spiro atoms. The Balaban J connectivity index is 1.77. The highest BCUT2D eigenvalue weighted by molar-refractivity contribution is 6.23. The Morgan fingerprint density at radius 1 is 1.00 bits per heavy atom. The molecule has 1 aliphatic heterocycles. The summed E-state index contributed by atoms with van der Waals surface area (Å²) in [7, 11) is 1.56. The van der Waals surface area contributed by atoms with Gasteiger partial charge in [-0.15, -0.1) is 0 Å². The molecule has 1 N–H and O–H groups in total. The van der Waals surface area contributed by atoms with Crippen molar-refractivity contribution >= 4 is 23.2 Å². The molecule has 148 valence electrons. The van der Waals surface area contributed by atoms with Crippen LogP contribution in [-0.4, -0.2) is 38.2 Å². The number of nitrogens with zero attached hydrogens (tertiary/aromatic N) is 1. The van der Waals surface area contributed by atoms with Crippen molar-refractivity contribution in [3.05, 3.63) is 42.5 Å². The Kier molecular flexibility index (Phi) is 6.03. The first-order valence-electron chi connectivity index (χ1n) is 9.24. The van der Waals surface area contributed by atoms with Gasteiger partial charge in [0.2, 0.25) is 5.91 Å². The number of imide groups is 1. The van der Waals surface area contributed by atoms with E-state index in [1.807, 2.05) is 13.8 Å². The number of benzene rings is 2. The highest BCUT2D eigenvalue weighted by Gasteiger charge is 2.39. The summed E-state index contributed by atoms with van der Waals surface area (Å²) in [6.45, 7) is 4.81. The molecule has 0 bridgehead atoms. The zero-order chi connectivity index (χ0) is 20.1. The Labute approximate surface area is 164 Å². The summed E-state index contributed by atoms with van der Waals surface area (Å²) < 4.78 is 16.3. The molecule has 1 heterocycles. The standard InChI is InChI=1S/C21H24N2O5/c1-4-27-18-11-6-14(12-19(18)28-5-2)22-17-13-20(24)23(21(17)25)15-7-9-16(26-3)10-8-15/h6-12,17,22H,4-5,13H2,1-3H3/t17-/m0/s1. The van der Waals surface area contributed by atoms with E-state index in [9.17, 15) is 9.59 Å². The summed E-state index contributed by atoms with van der Waals surface area (Å²) in [5, 5.41) is 3.14. The van der Waals surface area contributed by atoms with Crippen molar-refractivity contribution in [2.24, 2.45) is 0 Å². The van der Waals surface area contributed by atoms with Gasteiger partial charge in [-0.05, 0) is 50.2 Å². The minimum atomic E-state index is -0.637. The number of anilines is 2. The van der Waals surface area contributed by atoms with Gasteiger partial charge in [0.1, 0.15) is 11.8 Å². The number of methoxy groups -OCH3 is 1. The molecule has 1 saturated heterocycles. The van der Waals surface area contributed by atoms with Crippen molar-refractivity contribution in [1.82, 2.24) is 0 Å². The predicted octanol–water partition coefficient (Wildman–Crippen LogP) is 3.24. The van der Waals surface area contributed by atoms with Gasteiger partial charge in [-0.1, -0.05) is 0 Å². The Bertz CT molecular complexity index is 850. The molecule has 0 radical (unpaired) electrons. The quantitative estimate of drug-likeness (QED) is 0.704. The Hall–Kier alpha value is -3.22. The number of hydrogen-bond acceptors (Lipinski definition) is 6. The lowest BCUT2D eigenvalue weighted by Gasteiger charge is -2.17. The van der Waals surface area contributed by atoms with Gasteiger partial charge in [-0.25, -0.2) is 4.90 Å². The van der Waals surface area contributed by atoms with Crippen LogP contribution in [-0.2, 0) is 9.59 Å². The van der Waals surface area contributed by atoms with Crippen molar-refractivity contribution < 1.29 is 23.8 Å². The van der Waals surface area contributed by atoms with Crippen LogP contribution in [0.3, 0.4) is 0 Å². The second kappa shape index (κ2) is 8.65. The Morgan fingerprint density at radius 3 is 2.32 bits per heavy atom. The molecule has 0 aromatic heterocycles. The van der Waals surface area contributed by atoms with Crippen molar-refractivity contribution in [1.29, 1.82) is 0 Å². The summed E-state index contributed by atoms with van der Waals surface area (Å²) in [4.78, 5) is 26.5. The maximum absolute atomic E-state index is 12.8. The van der Waals surface area contributed by atoms with Crippen LogP contribution >= 0.6 is 0 Å². The monoisotopic (exact) mass is 384 g/mol. The molecule has 3 rings (SSSR count). The summed E-state index contributed by atoms with van der Waals surface area (Å²) in [6.07, 6.45) is 0.0854. The maximum Gasteiger partial charge on any atom is 0.256 e. The summed E-state index contributed by atoms with van der Waals surface area (Å²) >= 11 is 0. The third-order valence-corrected chi connectivity index (χ3v) is 4.36. The van der Waals surface area contributed by atoms with E-state index in [0.717, 1.165) is 0 Å². The Morgan fingerprint density at radius 2 is 1.68 bits per heavy atom. The first-order chi connectivity index (χ1) is 13.6. The summed E-state index contributed by atoms with van der Waals surface area (Å²) in [6, 6.07) is 11.6. The minimum Gasteiger partial charge on any atom is -0.497 e. The van der Waals surface area contributed by atoms with Crippen LogP contribution in [0, 0.1) is 0 Å². The van der Waals surface area contributed by atoms with Gasteiger partial charge >= 0.3 is 0 Å². The largest absolute Gasteiger partial charge is 0.497 e. The molecule has 0 unspecified atom stereocenters. The summed E-state index contributed by atoms with van der Waals surface area (Å²) in [5.74, 6) is 1.36. The molecule has 1 atom stereocenters. The lowest BCUT2D eigenvalue weighted by atomic mass is 10.2. The average Bonchev–Trinajstić information content (AvgIpc) is 2.97. The fraction of sp³-hybridized carbons (Fsp3) is 0.333. The smallest absolute Gasteiger partial charge is 0.256 e. The zero-order valence-electron chi connectivity index (χ0n) is 16.2. The lowest BCUT2D eigenvalue weighted by molar-refractivity contribution is -0.121. The first-order valence-corrected chi connectivity index (χ1v) is 9.24. The fourth-order valence-corrected chi connectivity index (χ4v) is 3.09. The van der Waals surface area contributed by atoms with Crippen molar-refractivity contribution in [3.8, 4) is 17.2 Å². The van der Waals surface area contributed by atoms with E-state index in [2.05, 4.69) is 5.32 Å². The lowest BCUT2D eigenvalue weighted by Crippen LogP contribution is -2.34. The van der Waals surface area contributed by atoms with Gasteiger partial charge in [0.25, 0.3) is 5.91 Å². The third kappa shape index (κ3) is 4.03. The van der Waals surface area contributed by atoms with E-state index < -0.39 is 6.04 Å². The van der Waals surface area contributed by atoms with Crippen LogP contribution in [0.1, 0.15) is 20.3 Å². The van der Waals surface area contributed by atoms with Gasteiger partial charge in [0.05, 0.1) is 32.4 Å². The zero-order valence-corrected chi connectivity index (χ0v) is 16.2. The molecule has 0 saturated carbocycles. The van der Waals surface area contributed by atoms with Crippen LogP contribution in [0.2, 0.25) is 0 Å². The molecule has 2 aromatic carbocycles. The predicted molar refractivity (Wildman–Crippen MR) is 106 cm³/mol. The highest BCUT2D eigenvalue weighted by atomic mass is 16.5. The second-order valence-electron chi connectivity index (χ2n) is 6.19. The van der Waals surface area contributed by atoms with Gasteiger partial charge in [0.15, 0.2) is 11.5 Å². The van der Waals surface area contributed by atoms with Crippen molar-refractivity contribution in [2.75, 3.05) is 30.5 Å². The van der Waals surface area contributed by atoms with Crippen LogP contribution in [0.5, 0.6) is 17.2 Å². The normalized spacial score (nSPS) is 16.2. The van der Waals surface area contributed by atoms with E-state index >= 15 is 0 Å². The van der Waals surface area contributed by atoms with Gasteiger partial charge < -0.3 is 19.5 Å². The number of hydrogen-bond donors (Lipinski definition) is 1. The molecule has 1 fully saturated rings. The molecule has 7 nitrogen and oxygen atoms in total. The number of amides is 2. The molecule has 28 heavy (non-hydrogen) atoms. The van der Waals surface area contributed by atoms with Crippen molar-refractivity contribution in [2.45, 2.75) is 26.3 Å². The van der Waals surface area contributed by atoms with E-state index in [1.165, 1.54) is 4.90 Å². The number of ether oxygens (including phenoxy) is 3. The molecule has 1 aliphatic rings. The molecular formula is C21H24N2O5. The topological polar surface area (TPSA) is 77.1 Å². The summed E-state index contributed by atoms with van der Waals surface area (Å²) in [5.41, 5.74) is 1.22. The first kappa shape index (κ1) is 19.5. The van der Waals surface area contributed by atoms with Gasteiger partial charge in [-0.3, -0.25) is 9.59 Å². The maximum atomic E-state index is 12.8. The fourth-order valence-electron chi connectivity index (χ4n) is 3.09. The van der Waals surface area contributed by atoms with E-state index in [4.69, 9.17) is 14.2 Å². The number of carbonyl (C=O) groups is 2. The third-order valence-electron chi connectivity index (χ3n) is 4.36. The molecule has 2 aromatic rings. The minimum absolute atomic E-state index is 0.0854. The highest BCUT2D eigenvalue weighted by Crippen LogP contribution is 2.32.